The number of thioether (sulfide) groups is 1. The zero-order valence-electron chi connectivity index (χ0n) is 20.2. The van der Waals surface area contributed by atoms with Crippen LogP contribution >= 0.6 is 23.1 Å². The highest BCUT2D eigenvalue weighted by atomic mass is 32.2. The number of benzene rings is 1. The SMILES string of the molecule is CC(=O)OCC1=C(C(=O)O)N2C(=O)[C@@H](NC(=O)C(=NOCc3ccc(C(=O)O)cc3)c3csc(N)n3)[C@@H]2SC1. The number of carboxylic acid groups (broad SMARTS) is 2. The van der Waals surface area contributed by atoms with Crippen LogP contribution in [0.25, 0.3) is 0 Å². The molecule has 2 aliphatic rings. The number of carbonyl (C=O) groups excluding carboxylic acids is 3. The lowest BCUT2D eigenvalue weighted by Gasteiger charge is -2.49. The maximum atomic E-state index is 13.2. The molecule has 3 heterocycles. The number of esters is 1. The van der Waals surface area contributed by atoms with E-state index in [0.29, 0.717) is 5.56 Å². The number of nitrogens with one attached hydrogen (secondary N) is 1. The molecule has 2 atom stereocenters. The smallest absolute Gasteiger partial charge is 0.352 e. The molecule has 1 aromatic carbocycles. The van der Waals surface area contributed by atoms with E-state index in [4.69, 9.17) is 20.4 Å². The molecule has 0 saturated carbocycles. The summed E-state index contributed by atoms with van der Waals surface area (Å²) in [6.45, 7) is 0.826. The molecule has 0 unspecified atom stereocenters. The first-order valence-electron chi connectivity index (χ1n) is 11.1. The Kier molecular flexibility index (Phi) is 8.15. The number of hydrogen-bond acceptors (Lipinski definition) is 12. The highest BCUT2D eigenvalue weighted by Gasteiger charge is 2.54. The van der Waals surface area contributed by atoms with Crippen LogP contribution in [0.1, 0.15) is 28.5 Å². The molecule has 39 heavy (non-hydrogen) atoms. The number of carbonyl (C=O) groups is 5. The lowest BCUT2D eigenvalue weighted by atomic mass is 10.0. The van der Waals surface area contributed by atoms with Gasteiger partial charge in [0.2, 0.25) is 0 Å². The Hall–Kier alpha value is -4.44. The summed E-state index contributed by atoms with van der Waals surface area (Å²) in [5, 5.41) is 26.1. The van der Waals surface area contributed by atoms with Gasteiger partial charge in [-0.1, -0.05) is 17.3 Å². The van der Waals surface area contributed by atoms with Crippen molar-refractivity contribution in [2.75, 3.05) is 18.1 Å². The number of nitrogens with zero attached hydrogens (tertiary/aromatic N) is 3. The highest BCUT2D eigenvalue weighted by molar-refractivity contribution is 8.00. The summed E-state index contributed by atoms with van der Waals surface area (Å²) < 4.78 is 4.91. The second-order valence-electron chi connectivity index (χ2n) is 8.18. The van der Waals surface area contributed by atoms with E-state index in [-0.39, 0.29) is 52.3 Å². The van der Waals surface area contributed by atoms with Gasteiger partial charge < -0.3 is 30.8 Å². The number of oxime groups is 1. The quantitative estimate of drug-likeness (QED) is 0.133. The van der Waals surface area contributed by atoms with Crippen LogP contribution in [0.3, 0.4) is 0 Å². The number of aliphatic carboxylic acids is 1. The molecular weight excluding hydrogens is 554 g/mol. The van der Waals surface area contributed by atoms with Gasteiger partial charge in [0.05, 0.1) is 5.56 Å². The molecule has 0 aliphatic carbocycles. The van der Waals surface area contributed by atoms with Crippen molar-refractivity contribution in [1.82, 2.24) is 15.2 Å². The molecule has 16 heteroatoms. The molecule has 2 aromatic rings. The third-order valence-corrected chi connectivity index (χ3v) is 7.57. The first-order valence-corrected chi connectivity index (χ1v) is 13.1. The average molecular weight is 576 g/mol. The van der Waals surface area contributed by atoms with Crippen LogP contribution < -0.4 is 11.1 Å². The number of nitrogens with two attached hydrogens (primary N) is 1. The van der Waals surface area contributed by atoms with E-state index < -0.39 is 41.1 Å². The lowest BCUT2D eigenvalue weighted by Crippen LogP contribution is -2.71. The number of aromatic nitrogens is 1. The zero-order valence-corrected chi connectivity index (χ0v) is 21.8. The average Bonchev–Trinajstić information content (AvgIpc) is 3.33. The van der Waals surface area contributed by atoms with Crippen molar-refractivity contribution in [2.45, 2.75) is 24.9 Å². The number of β-lactam (4-membered cyclic amide) rings is 1. The van der Waals surface area contributed by atoms with Crippen LogP contribution in [0.2, 0.25) is 0 Å². The van der Waals surface area contributed by atoms with Crippen molar-refractivity contribution in [1.29, 1.82) is 0 Å². The summed E-state index contributed by atoms with van der Waals surface area (Å²) in [5.74, 6) is -4.31. The molecule has 0 bridgehead atoms. The number of rotatable bonds is 10. The van der Waals surface area contributed by atoms with Crippen LogP contribution in [0.5, 0.6) is 0 Å². The third-order valence-electron chi connectivity index (χ3n) is 5.55. The van der Waals surface area contributed by atoms with Gasteiger partial charge in [0.15, 0.2) is 10.8 Å². The molecule has 5 N–H and O–H groups in total. The summed E-state index contributed by atoms with van der Waals surface area (Å²) in [4.78, 5) is 70.5. The Bertz CT molecular complexity index is 1400. The second kappa shape index (κ2) is 11.5. The number of anilines is 1. The van der Waals surface area contributed by atoms with E-state index in [9.17, 15) is 29.1 Å². The van der Waals surface area contributed by atoms with E-state index in [0.717, 1.165) is 16.2 Å². The topological polar surface area (TPSA) is 211 Å². The van der Waals surface area contributed by atoms with Gasteiger partial charge in [0.1, 0.15) is 36.0 Å². The largest absolute Gasteiger partial charge is 0.478 e. The Morgan fingerprint density at radius 1 is 1.18 bits per heavy atom. The zero-order chi connectivity index (χ0) is 28.3. The van der Waals surface area contributed by atoms with Crippen LogP contribution in [-0.4, -0.2) is 79.3 Å². The van der Waals surface area contributed by atoms with Crippen molar-refractivity contribution in [3.05, 3.63) is 57.7 Å². The van der Waals surface area contributed by atoms with Crippen LogP contribution in [0.4, 0.5) is 5.13 Å². The van der Waals surface area contributed by atoms with E-state index >= 15 is 0 Å². The summed E-state index contributed by atoms with van der Waals surface area (Å²) in [6.07, 6.45) is 0. The number of aromatic carboxylic acids is 1. The van der Waals surface area contributed by atoms with Gasteiger partial charge in [-0.2, -0.15) is 0 Å². The molecular formula is C23H21N5O9S2. The minimum Gasteiger partial charge on any atom is -0.478 e. The molecule has 14 nitrogen and oxygen atoms in total. The molecule has 2 amide bonds. The van der Waals surface area contributed by atoms with Gasteiger partial charge in [-0.25, -0.2) is 14.6 Å². The van der Waals surface area contributed by atoms with Gasteiger partial charge in [0.25, 0.3) is 11.8 Å². The fraction of sp³-hybridized carbons (Fsp3) is 0.261. The number of thiazole rings is 1. The van der Waals surface area contributed by atoms with E-state index in [2.05, 4.69) is 15.5 Å². The maximum Gasteiger partial charge on any atom is 0.352 e. The number of amides is 2. The van der Waals surface area contributed by atoms with Crippen LogP contribution in [0.15, 0.2) is 46.1 Å². The van der Waals surface area contributed by atoms with Crippen molar-refractivity contribution < 1.29 is 43.8 Å². The molecule has 204 valence electrons. The Morgan fingerprint density at radius 3 is 2.49 bits per heavy atom. The minimum absolute atomic E-state index is 0.0945. The molecule has 1 saturated heterocycles. The number of carboxylic acids is 2. The molecule has 2 aliphatic heterocycles. The molecule has 1 fully saturated rings. The van der Waals surface area contributed by atoms with Crippen molar-refractivity contribution in [3.63, 3.8) is 0 Å². The maximum absolute atomic E-state index is 13.2. The normalized spacial score (nSPS) is 18.6. The molecule has 1 aromatic heterocycles. The van der Waals surface area contributed by atoms with Crippen LogP contribution in [-0.2, 0) is 35.4 Å². The van der Waals surface area contributed by atoms with Gasteiger partial charge in [0, 0.05) is 23.6 Å². The van der Waals surface area contributed by atoms with Gasteiger partial charge in [-0.15, -0.1) is 23.1 Å². The van der Waals surface area contributed by atoms with Gasteiger partial charge in [-0.05, 0) is 17.7 Å². The van der Waals surface area contributed by atoms with Crippen LogP contribution in [0, 0.1) is 0 Å². The molecule has 0 spiro atoms. The summed E-state index contributed by atoms with van der Waals surface area (Å²) in [5.41, 5.74) is 6.20. The molecule has 0 radical (unpaired) electrons. The lowest BCUT2D eigenvalue weighted by molar-refractivity contribution is -0.150. The van der Waals surface area contributed by atoms with Crippen molar-refractivity contribution in [2.24, 2.45) is 5.16 Å². The first-order chi connectivity index (χ1) is 18.6. The van der Waals surface area contributed by atoms with Crippen molar-refractivity contribution in [3.8, 4) is 0 Å². The monoisotopic (exact) mass is 575 g/mol. The Balaban J connectivity index is 1.48. The summed E-state index contributed by atoms with van der Waals surface area (Å²) in [7, 11) is 0. The number of nitrogen functional groups attached to an aromatic ring is 1. The molecule has 4 rings (SSSR count). The number of ether oxygens (including phenoxy) is 1. The highest BCUT2D eigenvalue weighted by Crippen LogP contribution is 2.40. The Morgan fingerprint density at radius 2 is 1.90 bits per heavy atom. The minimum atomic E-state index is -1.36. The third kappa shape index (κ3) is 6.01. The van der Waals surface area contributed by atoms with Gasteiger partial charge >= 0.3 is 17.9 Å². The van der Waals surface area contributed by atoms with Crippen molar-refractivity contribution >= 4 is 63.7 Å². The van der Waals surface area contributed by atoms with Gasteiger partial charge in [-0.3, -0.25) is 19.3 Å². The number of fused-ring (bicyclic) bond motifs is 1. The van der Waals surface area contributed by atoms with E-state index in [1.165, 1.54) is 48.3 Å². The summed E-state index contributed by atoms with van der Waals surface area (Å²) >= 11 is 2.27. The summed E-state index contributed by atoms with van der Waals surface area (Å²) in [6, 6.07) is 4.80. The Labute approximate surface area is 228 Å². The second-order valence-corrected chi connectivity index (χ2v) is 10.2. The standard InChI is InChI=1S/C23H21N5O9S2/c1-10(29)36-7-13-8-38-20-16(19(31)28(20)17(13)22(34)35)26-18(30)15(14-9-39-23(24)25-14)27-37-6-11-2-4-12(5-3-11)21(32)33/h2-5,9,16,20H,6-8H2,1H3,(H2,24,25)(H,26,30)(H,32,33)(H,34,35)/t16-,20+/m1/s1. The first kappa shape index (κ1) is 27.6. The van der Waals surface area contributed by atoms with E-state index in [1.807, 2.05) is 0 Å². The number of hydrogen-bond donors (Lipinski definition) is 4. The van der Waals surface area contributed by atoms with E-state index in [1.54, 1.807) is 0 Å². The fourth-order valence-corrected chi connectivity index (χ4v) is 5.58. The predicted molar refractivity (Wildman–Crippen MR) is 138 cm³/mol. The fourth-order valence-electron chi connectivity index (χ4n) is 3.71. The predicted octanol–water partition coefficient (Wildman–Crippen LogP) is 0.646.